The molecule has 2 aromatic rings. The zero-order valence-electron chi connectivity index (χ0n) is 8.28. The minimum atomic E-state index is -1.00. The third kappa shape index (κ3) is 1.81. The minimum Gasteiger partial charge on any atom is -0.477 e. The molecule has 0 atom stereocenters. The van der Waals surface area contributed by atoms with Crippen molar-refractivity contribution in [2.24, 2.45) is 0 Å². The Balaban J connectivity index is 2.53. The summed E-state index contributed by atoms with van der Waals surface area (Å²) in [7, 11) is 0. The van der Waals surface area contributed by atoms with Crippen molar-refractivity contribution in [1.29, 1.82) is 0 Å². The predicted molar refractivity (Wildman–Crippen MR) is 68.8 cm³/mol. The maximum atomic E-state index is 10.9. The molecule has 3 N–H and O–H groups in total. The summed E-state index contributed by atoms with van der Waals surface area (Å²) in [5.41, 5.74) is 6.91. The first-order valence-corrected chi connectivity index (χ1v) is 6.44. The van der Waals surface area contributed by atoms with E-state index in [4.69, 9.17) is 22.4 Å². The van der Waals surface area contributed by atoms with Crippen LogP contribution in [0.25, 0.3) is 9.75 Å². The van der Waals surface area contributed by atoms with Crippen LogP contribution in [-0.2, 0) is 0 Å². The number of carboxylic acid groups (broad SMARTS) is 1. The molecule has 0 unspecified atom stereocenters. The Morgan fingerprint density at radius 2 is 2.25 bits per heavy atom. The zero-order valence-corrected chi connectivity index (χ0v) is 10.7. The third-order valence-corrected chi connectivity index (χ3v) is 5.09. The van der Waals surface area contributed by atoms with E-state index in [1.165, 1.54) is 11.3 Å². The smallest absolute Gasteiger partial charge is 0.348 e. The van der Waals surface area contributed by atoms with Crippen molar-refractivity contribution in [1.82, 2.24) is 0 Å². The van der Waals surface area contributed by atoms with E-state index in [-0.39, 0.29) is 10.6 Å². The van der Waals surface area contributed by atoms with Crippen LogP contribution >= 0.6 is 34.3 Å². The standard InChI is InChI=1S/C10H8ClNO2S2/c1-4-3-15-9(7(4)11)6-2-5(12)8(16-6)10(13)14/h2-3H,12H2,1H3,(H,13,14). The first kappa shape index (κ1) is 11.4. The molecule has 0 saturated carbocycles. The third-order valence-electron chi connectivity index (χ3n) is 2.08. The quantitative estimate of drug-likeness (QED) is 0.876. The summed E-state index contributed by atoms with van der Waals surface area (Å²) >= 11 is 8.76. The first-order valence-electron chi connectivity index (χ1n) is 4.37. The molecule has 0 radical (unpaired) electrons. The SMILES string of the molecule is Cc1csc(-c2cc(N)c(C(=O)O)s2)c1Cl. The van der Waals surface area contributed by atoms with Gasteiger partial charge in [-0.15, -0.1) is 22.7 Å². The zero-order chi connectivity index (χ0) is 11.9. The lowest BCUT2D eigenvalue weighted by Crippen LogP contribution is -1.96. The van der Waals surface area contributed by atoms with E-state index in [2.05, 4.69) is 0 Å². The molecule has 16 heavy (non-hydrogen) atoms. The number of anilines is 1. The molecule has 0 bridgehead atoms. The van der Waals surface area contributed by atoms with Gasteiger partial charge < -0.3 is 10.8 Å². The number of nitrogen functional groups attached to an aromatic ring is 1. The van der Waals surface area contributed by atoms with E-state index in [1.54, 1.807) is 6.07 Å². The molecule has 2 heterocycles. The van der Waals surface area contributed by atoms with Crippen LogP contribution in [0, 0.1) is 6.92 Å². The number of carbonyl (C=O) groups is 1. The van der Waals surface area contributed by atoms with Crippen molar-refractivity contribution < 1.29 is 9.90 Å². The van der Waals surface area contributed by atoms with Crippen molar-refractivity contribution in [2.75, 3.05) is 5.73 Å². The number of rotatable bonds is 2. The van der Waals surface area contributed by atoms with Gasteiger partial charge in [-0.3, -0.25) is 0 Å². The maximum Gasteiger partial charge on any atom is 0.348 e. The lowest BCUT2D eigenvalue weighted by atomic mass is 10.3. The molecule has 2 aromatic heterocycles. The van der Waals surface area contributed by atoms with Crippen LogP contribution in [0.4, 0.5) is 5.69 Å². The molecule has 0 aliphatic heterocycles. The van der Waals surface area contributed by atoms with E-state index in [0.29, 0.717) is 5.02 Å². The lowest BCUT2D eigenvalue weighted by Gasteiger charge is -1.92. The number of aromatic carboxylic acids is 1. The minimum absolute atomic E-state index is 0.164. The molecule has 0 aromatic carbocycles. The molecule has 0 aliphatic carbocycles. The van der Waals surface area contributed by atoms with Gasteiger partial charge in [-0.1, -0.05) is 11.6 Å². The fourth-order valence-electron chi connectivity index (χ4n) is 1.28. The molecule has 6 heteroatoms. The second kappa shape index (κ2) is 4.08. The van der Waals surface area contributed by atoms with E-state index in [1.807, 2.05) is 12.3 Å². The van der Waals surface area contributed by atoms with Gasteiger partial charge in [0.2, 0.25) is 0 Å². The number of halogens is 1. The van der Waals surface area contributed by atoms with Crippen LogP contribution < -0.4 is 5.73 Å². The molecule has 0 spiro atoms. The maximum absolute atomic E-state index is 10.9. The highest BCUT2D eigenvalue weighted by Crippen LogP contribution is 2.41. The average Bonchev–Trinajstić information content (AvgIpc) is 2.73. The van der Waals surface area contributed by atoms with Crippen LogP contribution in [0.1, 0.15) is 15.2 Å². The Morgan fingerprint density at radius 3 is 2.69 bits per heavy atom. The van der Waals surface area contributed by atoms with Gasteiger partial charge in [0.05, 0.1) is 15.6 Å². The first-order chi connectivity index (χ1) is 7.50. The normalized spacial score (nSPS) is 10.6. The molecule has 0 saturated heterocycles. The molecule has 0 fully saturated rings. The van der Waals surface area contributed by atoms with E-state index in [0.717, 1.165) is 26.7 Å². The van der Waals surface area contributed by atoms with E-state index >= 15 is 0 Å². The summed E-state index contributed by atoms with van der Waals surface area (Å²) in [5, 5.41) is 11.5. The summed E-state index contributed by atoms with van der Waals surface area (Å²) in [4.78, 5) is 12.7. The molecule has 0 amide bonds. The number of hydrogen-bond acceptors (Lipinski definition) is 4. The largest absolute Gasteiger partial charge is 0.477 e. The highest BCUT2D eigenvalue weighted by Gasteiger charge is 2.17. The average molecular weight is 274 g/mol. The fraction of sp³-hybridized carbons (Fsp3) is 0.100. The van der Waals surface area contributed by atoms with Gasteiger partial charge >= 0.3 is 5.97 Å². The number of hydrogen-bond donors (Lipinski definition) is 2. The summed E-state index contributed by atoms with van der Waals surface area (Å²) < 4.78 is 0. The summed E-state index contributed by atoms with van der Waals surface area (Å²) in [5.74, 6) is -1.00. The van der Waals surface area contributed by atoms with Crippen LogP contribution in [0.2, 0.25) is 5.02 Å². The number of aryl methyl sites for hydroxylation is 1. The number of thiophene rings is 2. The van der Waals surface area contributed by atoms with Crippen molar-refractivity contribution in [3.63, 3.8) is 0 Å². The van der Waals surface area contributed by atoms with Crippen LogP contribution in [-0.4, -0.2) is 11.1 Å². The van der Waals surface area contributed by atoms with Gasteiger partial charge in [0.15, 0.2) is 0 Å². The topological polar surface area (TPSA) is 63.3 Å². The highest BCUT2D eigenvalue weighted by molar-refractivity contribution is 7.23. The Hall–Kier alpha value is -1.04. The van der Waals surface area contributed by atoms with Crippen LogP contribution in [0.15, 0.2) is 11.4 Å². The van der Waals surface area contributed by atoms with Gasteiger partial charge in [0.1, 0.15) is 4.88 Å². The van der Waals surface area contributed by atoms with Gasteiger partial charge in [0.25, 0.3) is 0 Å². The van der Waals surface area contributed by atoms with Crippen molar-refractivity contribution >= 4 is 45.9 Å². The molecule has 84 valence electrons. The molecule has 0 aliphatic rings. The Bertz CT molecular complexity index is 559. The summed E-state index contributed by atoms with van der Waals surface area (Å²) in [6, 6.07) is 1.66. The van der Waals surface area contributed by atoms with Gasteiger partial charge in [-0.2, -0.15) is 0 Å². The van der Waals surface area contributed by atoms with Crippen molar-refractivity contribution in [3.8, 4) is 9.75 Å². The van der Waals surface area contributed by atoms with E-state index < -0.39 is 5.97 Å². The molecule has 3 nitrogen and oxygen atoms in total. The van der Waals surface area contributed by atoms with Crippen LogP contribution in [0.3, 0.4) is 0 Å². The van der Waals surface area contributed by atoms with Crippen molar-refractivity contribution in [2.45, 2.75) is 6.92 Å². The molecular formula is C10H8ClNO2S2. The van der Waals surface area contributed by atoms with Crippen LogP contribution in [0.5, 0.6) is 0 Å². The molecular weight excluding hydrogens is 266 g/mol. The van der Waals surface area contributed by atoms with Gasteiger partial charge in [0, 0.05) is 4.88 Å². The predicted octanol–water partition coefficient (Wildman–Crippen LogP) is 3.72. The Labute approximate surface area is 105 Å². The lowest BCUT2D eigenvalue weighted by molar-refractivity contribution is 0.0703. The van der Waals surface area contributed by atoms with E-state index in [9.17, 15) is 4.79 Å². The Morgan fingerprint density at radius 1 is 1.56 bits per heavy atom. The highest BCUT2D eigenvalue weighted by atomic mass is 35.5. The fourth-order valence-corrected chi connectivity index (χ4v) is 3.68. The van der Waals surface area contributed by atoms with Gasteiger partial charge in [-0.05, 0) is 23.9 Å². The van der Waals surface area contributed by atoms with Gasteiger partial charge in [-0.25, -0.2) is 4.79 Å². The Kier molecular flexibility index (Phi) is 2.92. The summed E-state index contributed by atoms with van der Waals surface area (Å²) in [6.45, 7) is 1.91. The number of nitrogens with two attached hydrogens (primary N) is 1. The monoisotopic (exact) mass is 273 g/mol. The number of carboxylic acids is 1. The molecule has 2 rings (SSSR count). The summed E-state index contributed by atoms with van der Waals surface area (Å²) in [6.07, 6.45) is 0. The second-order valence-corrected chi connectivity index (χ2v) is 5.57. The van der Waals surface area contributed by atoms with Crippen molar-refractivity contribution in [3.05, 3.63) is 26.9 Å². The second-order valence-electron chi connectivity index (χ2n) is 3.26.